The van der Waals surface area contributed by atoms with Crippen LogP contribution in [0.15, 0.2) is 59.6 Å². The van der Waals surface area contributed by atoms with Crippen molar-refractivity contribution in [3.63, 3.8) is 0 Å². The predicted octanol–water partition coefficient (Wildman–Crippen LogP) is 3.10. The normalized spacial score (nSPS) is 17.6. The molecule has 2 aromatic rings. The van der Waals surface area contributed by atoms with Crippen LogP contribution in [0.3, 0.4) is 0 Å². The molecule has 1 aliphatic heterocycles. The summed E-state index contributed by atoms with van der Waals surface area (Å²) in [6.45, 7) is 5.17. The van der Waals surface area contributed by atoms with Gasteiger partial charge >= 0.3 is 0 Å². The minimum absolute atomic E-state index is 0.191. The van der Waals surface area contributed by atoms with Gasteiger partial charge in [-0.1, -0.05) is 42.5 Å². The lowest BCUT2D eigenvalue weighted by atomic mass is 10.1. The average molecular weight is 383 g/mol. The van der Waals surface area contributed by atoms with Crippen molar-refractivity contribution >= 4 is 5.96 Å². The Morgan fingerprint density at radius 3 is 2.54 bits per heavy atom. The van der Waals surface area contributed by atoms with Gasteiger partial charge in [-0.15, -0.1) is 0 Å². The van der Waals surface area contributed by atoms with Gasteiger partial charge in [0.1, 0.15) is 5.82 Å². The summed E-state index contributed by atoms with van der Waals surface area (Å²) in [4.78, 5) is 6.87. The van der Waals surface area contributed by atoms with Gasteiger partial charge in [0.05, 0.1) is 0 Å². The third-order valence-corrected chi connectivity index (χ3v) is 5.33. The Balaban J connectivity index is 1.32. The molecule has 0 aromatic heterocycles. The summed E-state index contributed by atoms with van der Waals surface area (Å²) in [5.41, 5.74) is 2.53. The van der Waals surface area contributed by atoms with E-state index in [9.17, 15) is 4.39 Å². The van der Waals surface area contributed by atoms with Crippen molar-refractivity contribution in [1.29, 1.82) is 0 Å². The average Bonchev–Trinajstić information content (AvgIpc) is 3.19. The number of nitrogens with zero attached hydrogens (tertiary/aromatic N) is 2. The second-order valence-electron chi connectivity index (χ2n) is 7.45. The van der Waals surface area contributed by atoms with Crippen molar-refractivity contribution in [2.24, 2.45) is 10.9 Å². The quantitative estimate of drug-likeness (QED) is 0.544. The smallest absolute Gasteiger partial charge is 0.190 e. The van der Waals surface area contributed by atoms with Gasteiger partial charge in [0.25, 0.3) is 0 Å². The number of likely N-dealkylation sites (tertiary alicyclic amines) is 1. The molecule has 1 atom stereocenters. The molecule has 3 rings (SSSR count). The first-order chi connectivity index (χ1) is 13.7. The number of hydrogen-bond donors (Lipinski definition) is 2. The Bertz CT molecular complexity index is 730. The van der Waals surface area contributed by atoms with Crippen LogP contribution in [0.5, 0.6) is 0 Å². The molecule has 1 fully saturated rings. The highest BCUT2D eigenvalue weighted by atomic mass is 19.1. The predicted molar refractivity (Wildman–Crippen MR) is 114 cm³/mol. The zero-order chi connectivity index (χ0) is 19.6. The highest BCUT2D eigenvalue weighted by molar-refractivity contribution is 5.79. The Morgan fingerprint density at radius 2 is 1.79 bits per heavy atom. The lowest BCUT2D eigenvalue weighted by Gasteiger charge is -2.17. The standard InChI is InChI=1S/C23H31FN4/c1-25-23(26-14-11-20-7-9-22(24)10-8-20)27-17-21-13-16-28(18-21)15-12-19-5-3-2-4-6-19/h2-10,21H,11-18H2,1H3,(H2,25,26,27). The number of halogens is 1. The van der Waals surface area contributed by atoms with Crippen molar-refractivity contribution in [1.82, 2.24) is 15.5 Å². The number of rotatable bonds is 8. The number of guanidine groups is 1. The Morgan fingerprint density at radius 1 is 1.04 bits per heavy atom. The van der Waals surface area contributed by atoms with Crippen molar-refractivity contribution in [3.05, 3.63) is 71.5 Å². The van der Waals surface area contributed by atoms with Crippen LogP contribution in [0.4, 0.5) is 4.39 Å². The molecule has 2 N–H and O–H groups in total. The summed E-state index contributed by atoms with van der Waals surface area (Å²) in [7, 11) is 1.80. The van der Waals surface area contributed by atoms with Crippen molar-refractivity contribution in [3.8, 4) is 0 Å². The van der Waals surface area contributed by atoms with Gasteiger partial charge in [0, 0.05) is 33.2 Å². The largest absolute Gasteiger partial charge is 0.356 e. The van der Waals surface area contributed by atoms with Crippen LogP contribution in [-0.2, 0) is 12.8 Å². The molecule has 0 amide bonds. The Kier molecular flexibility index (Phi) is 7.85. The van der Waals surface area contributed by atoms with Crippen LogP contribution in [-0.4, -0.2) is 50.6 Å². The minimum Gasteiger partial charge on any atom is -0.356 e. The first-order valence-electron chi connectivity index (χ1n) is 10.2. The molecular formula is C23H31FN4. The van der Waals surface area contributed by atoms with E-state index in [1.165, 1.54) is 30.7 Å². The van der Waals surface area contributed by atoms with E-state index in [0.717, 1.165) is 50.5 Å². The van der Waals surface area contributed by atoms with Gasteiger partial charge in [-0.3, -0.25) is 4.99 Å². The number of nitrogens with one attached hydrogen (secondary N) is 2. The fraction of sp³-hybridized carbons (Fsp3) is 0.435. The molecule has 0 saturated carbocycles. The zero-order valence-corrected chi connectivity index (χ0v) is 16.7. The summed E-state index contributed by atoms with van der Waals surface area (Å²) in [5, 5.41) is 6.80. The van der Waals surface area contributed by atoms with Crippen LogP contribution in [0.25, 0.3) is 0 Å². The Hall–Kier alpha value is -2.40. The molecule has 0 radical (unpaired) electrons. The lowest BCUT2D eigenvalue weighted by molar-refractivity contribution is 0.328. The third kappa shape index (κ3) is 6.64. The number of hydrogen-bond acceptors (Lipinski definition) is 2. The van der Waals surface area contributed by atoms with Gasteiger partial charge in [-0.05, 0) is 55.0 Å². The van der Waals surface area contributed by atoms with E-state index in [-0.39, 0.29) is 5.82 Å². The Labute approximate surface area is 167 Å². The summed E-state index contributed by atoms with van der Waals surface area (Å²) in [6, 6.07) is 17.4. The molecule has 1 heterocycles. The molecule has 0 spiro atoms. The van der Waals surface area contributed by atoms with E-state index in [1.807, 2.05) is 12.1 Å². The molecule has 1 unspecified atom stereocenters. The van der Waals surface area contributed by atoms with E-state index in [2.05, 4.69) is 50.9 Å². The molecule has 150 valence electrons. The topological polar surface area (TPSA) is 39.7 Å². The highest BCUT2D eigenvalue weighted by Gasteiger charge is 2.22. The van der Waals surface area contributed by atoms with Crippen LogP contribution < -0.4 is 10.6 Å². The summed E-state index contributed by atoms with van der Waals surface area (Å²) in [6.07, 6.45) is 3.19. The SMILES string of the molecule is CN=C(NCCc1ccc(F)cc1)NCC1CCN(CCc2ccccc2)C1. The minimum atomic E-state index is -0.191. The van der Waals surface area contributed by atoms with Crippen LogP contribution in [0.2, 0.25) is 0 Å². The fourth-order valence-electron chi connectivity index (χ4n) is 3.65. The zero-order valence-electron chi connectivity index (χ0n) is 16.7. The lowest BCUT2D eigenvalue weighted by Crippen LogP contribution is -2.41. The van der Waals surface area contributed by atoms with E-state index in [4.69, 9.17) is 0 Å². The summed E-state index contributed by atoms with van der Waals surface area (Å²) in [5.74, 6) is 1.31. The number of aliphatic imine (C=N–C) groups is 1. The van der Waals surface area contributed by atoms with Gasteiger partial charge in [-0.25, -0.2) is 4.39 Å². The van der Waals surface area contributed by atoms with E-state index in [1.54, 1.807) is 7.05 Å². The molecule has 28 heavy (non-hydrogen) atoms. The fourth-order valence-corrected chi connectivity index (χ4v) is 3.65. The van der Waals surface area contributed by atoms with Crippen LogP contribution in [0, 0.1) is 11.7 Å². The summed E-state index contributed by atoms with van der Waals surface area (Å²) < 4.78 is 13.0. The van der Waals surface area contributed by atoms with Gasteiger partial charge in [0.2, 0.25) is 0 Å². The summed E-state index contributed by atoms with van der Waals surface area (Å²) >= 11 is 0. The monoisotopic (exact) mass is 382 g/mol. The van der Waals surface area contributed by atoms with Crippen molar-refractivity contribution in [2.45, 2.75) is 19.3 Å². The van der Waals surface area contributed by atoms with Crippen LogP contribution >= 0.6 is 0 Å². The second-order valence-corrected chi connectivity index (χ2v) is 7.45. The van der Waals surface area contributed by atoms with Gasteiger partial charge < -0.3 is 15.5 Å². The van der Waals surface area contributed by atoms with E-state index < -0.39 is 0 Å². The molecule has 0 aliphatic carbocycles. The van der Waals surface area contributed by atoms with Crippen LogP contribution in [0.1, 0.15) is 17.5 Å². The maximum absolute atomic E-state index is 13.0. The highest BCUT2D eigenvalue weighted by Crippen LogP contribution is 2.16. The first kappa shape index (κ1) is 20.3. The van der Waals surface area contributed by atoms with E-state index in [0.29, 0.717) is 5.92 Å². The van der Waals surface area contributed by atoms with Crippen molar-refractivity contribution < 1.29 is 4.39 Å². The molecule has 1 aliphatic rings. The van der Waals surface area contributed by atoms with Gasteiger partial charge in [-0.2, -0.15) is 0 Å². The number of benzene rings is 2. The maximum atomic E-state index is 13.0. The molecule has 0 bridgehead atoms. The molecular weight excluding hydrogens is 351 g/mol. The third-order valence-electron chi connectivity index (χ3n) is 5.33. The molecule has 1 saturated heterocycles. The second kappa shape index (κ2) is 10.8. The maximum Gasteiger partial charge on any atom is 0.190 e. The molecule has 4 nitrogen and oxygen atoms in total. The molecule has 5 heteroatoms. The van der Waals surface area contributed by atoms with Gasteiger partial charge in [0.15, 0.2) is 5.96 Å². The first-order valence-corrected chi connectivity index (χ1v) is 10.2. The van der Waals surface area contributed by atoms with E-state index >= 15 is 0 Å². The van der Waals surface area contributed by atoms with Crippen molar-refractivity contribution in [2.75, 3.05) is 39.8 Å². The molecule has 2 aromatic carbocycles.